The van der Waals surface area contributed by atoms with E-state index in [4.69, 9.17) is 0 Å². The minimum absolute atomic E-state index is 0. The number of rotatable bonds is 7. The fraction of sp³-hybridized carbons (Fsp3) is 0.650. The van der Waals surface area contributed by atoms with Gasteiger partial charge in [-0.25, -0.2) is 4.39 Å². The van der Waals surface area contributed by atoms with Crippen LogP contribution in [0.5, 0.6) is 0 Å². The van der Waals surface area contributed by atoms with Gasteiger partial charge in [0.2, 0.25) is 0 Å². The normalized spacial score (nSPS) is 16.2. The molecule has 1 aliphatic heterocycles. The molecule has 1 aromatic rings. The van der Waals surface area contributed by atoms with E-state index in [9.17, 15) is 4.39 Å². The molecule has 4 nitrogen and oxygen atoms in total. The number of guanidine groups is 1. The Morgan fingerprint density at radius 2 is 2.04 bits per heavy atom. The smallest absolute Gasteiger partial charge is 0.193 e. The third kappa shape index (κ3) is 8.20. The molecule has 0 unspecified atom stereocenters. The van der Waals surface area contributed by atoms with Crippen LogP contribution in [0.25, 0.3) is 0 Å². The summed E-state index contributed by atoms with van der Waals surface area (Å²) in [4.78, 5) is 8.95. The Morgan fingerprint density at radius 3 is 2.69 bits per heavy atom. The standard InChI is InChI=1S/C20H33FN4.HI/c1-17-9-13-25(14-10-17)12-5-4-11-23-20(22-2)24(3)16-18-7-6-8-19(21)15-18;/h6-8,15,17H,4-5,9-14,16H2,1-3H3,(H,22,23);1H. The van der Waals surface area contributed by atoms with Crippen LogP contribution in [0.4, 0.5) is 4.39 Å². The SMILES string of the molecule is CN=C(NCCCCN1CCC(C)CC1)N(C)Cc1cccc(F)c1.I. The maximum Gasteiger partial charge on any atom is 0.193 e. The number of hydrogen-bond donors (Lipinski definition) is 1. The Morgan fingerprint density at radius 1 is 1.31 bits per heavy atom. The molecule has 1 saturated heterocycles. The number of piperidine rings is 1. The summed E-state index contributed by atoms with van der Waals surface area (Å²) in [5, 5.41) is 3.41. The Bertz CT molecular complexity index is 544. The summed E-state index contributed by atoms with van der Waals surface area (Å²) in [7, 11) is 3.77. The van der Waals surface area contributed by atoms with Crippen LogP contribution >= 0.6 is 24.0 Å². The summed E-state index contributed by atoms with van der Waals surface area (Å²) in [5.74, 6) is 1.56. The van der Waals surface area contributed by atoms with Crippen molar-refractivity contribution in [3.63, 3.8) is 0 Å². The number of unbranched alkanes of at least 4 members (excludes halogenated alkanes) is 1. The highest BCUT2D eigenvalue weighted by Crippen LogP contribution is 2.16. The zero-order chi connectivity index (χ0) is 18.1. The summed E-state index contributed by atoms with van der Waals surface area (Å²) in [5.41, 5.74) is 0.949. The molecule has 1 aliphatic rings. The van der Waals surface area contributed by atoms with Gasteiger partial charge in [0, 0.05) is 27.2 Å². The average molecular weight is 476 g/mol. The summed E-state index contributed by atoms with van der Waals surface area (Å²) >= 11 is 0. The minimum atomic E-state index is -0.194. The molecule has 0 bridgehead atoms. The zero-order valence-electron chi connectivity index (χ0n) is 16.4. The van der Waals surface area contributed by atoms with E-state index >= 15 is 0 Å². The molecule has 2 rings (SSSR count). The molecule has 6 heteroatoms. The fourth-order valence-electron chi connectivity index (χ4n) is 3.32. The second-order valence-corrected chi connectivity index (χ2v) is 7.19. The summed E-state index contributed by atoms with van der Waals surface area (Å²) < 4.78 is 13.3. The second-order valence-electron chi connectivity index (χ2n) is 7.19. The van der Waals surface area contributed by atoms with Gasteiger partial charge in [-0.1, -0.05) is 19.1 Å². The molecule has 26 heavy (non-hydrogen) atoms. The van der Waals surface area contributed by atoms with Crippen LogP contribution in [0.1, 0.15) is 38.2 Å². The van der Waals surface area contributed by atoms with Gasteiger partial charge in [-0.05, 0) is 68.9 Å². The summed E-state index contributed by atoms with van der Waals surface area (Å²) in [6, 6.07) is 6.73. The van der Waals surface area contributed by atoms with Crippen LogP contribution in [-0.4, -0.2) is 56.0 Å². The van der Waals surface area contributed by atoms with Gasteiger partial charge in [-0.2, -0.15) is 0 Å². The van der Waals surface area contributed by atoms with E-state index in [0.29, 0.717) is 6.54 Å². The fourth-order valence-corrected chi connectivity index (χ4v) is 3.32. The van der Waals surface area contributed by atoms with Gasteiger partial charge in [0.05, 0.1) is 0 Å². The van der Waals surface area contributed by atoms with Gasteiger partial charge in [-0.3, -0.25) is 4.99 Å². The van der Waals surface area contributed by atoms with Crippen LogP contribution in [0.15, 0.2) is 29.3 Å². The largest absolute Gasteiger partial charge is 0.356 e. The third-order valence-electron chi connectivity index (χ3n) is 4.94. The van der Waals surface area contributed by atoms with Crippen molar-refractivity contribution in [3.05, 3.63) is 35.6 Å². The van der Waals surface area contributed by atoms with Gasteiger partial charge < -0.3 is 15.1 Å². The molecule has 0 amide bonds. The quantitative estimate of drug-likeness (QED) is 0.280. The Labute approximate surface area is 175 Å². The number of benzene rings is 1. The number of nitrogens with one attached hydrogen (secondary N) is 1. The van der Waals surface area contributed by atoms with Crippen LogP contribution in [0, 0.1) is 11.7 Å². The molecule has 1 fully saturated rings. The third-order valence-corrected chi connectivity index (χ3v) is 4.94. The molecule has 0 aromatic heterocycles. The lowest BCUT2D eigenvalue weighted by atomic mass is 9.99. The van der Waals surface area contributed by atoms with Crippen molar-refractivity contribution >= 4 is 29.9 Å². The maximum absolute atomic E-state index is 13.3. The van der Waals surface area contributed by atoms with Crippen molar-refractivity contribution in [1.82, 2.24) is 15.1 Å². The Kier molecular flexibility index (Phi) is 11.1. The molecular weight excluding hydrogens is 442 g/mol. The van der Waals surface area contributed by atoms with Crippen molar-refractivity contribution in [1.29, 1.82) is 0 Å². The topological polar surface area (TPSA) is 30.9 Å². The second kappa shape index (κ2) is 12.5. The molecule has 1 heterocycles. The highest BCUT2D eigenvalue weighted by Gasteiger charge is 2.14. The van der Waals surface area contributed by atoms with Crippen molar-refractivity contribution in [2.24, 2.45) is 10.9 Å². The molecule has 1 aromatic carbocycles. The van der Waals surface area contributed by atoms with E-state index < -0.39 is 0 Å². The van der Waals surface area contributed by atoms with Gasteiger partial charge >= 0.3 is 0 Å². The first-order valence-electron chi connectivity index (χ1n) is 9.47. The van der Waals surface area contributed by atoms with E-state index in [1.807, 2.05) is 18.0 Å². The first-order valence-corrected chi connectivity index (χ1v) is 9.47. The zero-order valence-corrected chi connectivity index (χ0v) is 18.7. The lowest BCUT2D eigenvalue weighted by Gasteiger charge is -2.30. The first-order chi connectivity index (χ1) is 12.1. The van der Waals surface area contributed by atoms with E-state index in [-0.39, 0.29) is 29.8 Å². The molecular formula is C20H34FIN4. The molecule has 0 atom stereocenters. The molecule has 1 N–H and O–H groups in total. The summed E-state index contributed by atoms with van der Waals surface area (Å²) in [6.07, 6.45) is 5.04. The van der Waals surface area contributed by atoms with E-state index in [1.54, 1.807) is 19.2 Å². The molecule has 0 spiro atoms. The molecule has 148 valence electrons. The summed E-state index contributed by atoms with van der Waals surface area (Å²) in [6.45, 7) is 7.63. The van der Waals surface area contributed by atoms with Gasteiger partial charge in [-0.15, -0.1) is 24.0 Å². The lowest BCUT2D eigenvalue weighted by Crippen LogP contribution is -2.39. The van der Waals surface area contributed by atoms with Gasteiger partial charge in [0.1, 0.15) is 5.82 Å². The number of aliphatic imine (C=N–C) groups is 1. The van der Waals surface area contributed by atoms with Crippen molar-refractivity contribution in [3.8, 4) is 0 Å². The monoisotopic (exact) mass is 476 g/mol. The maximum atomic E-state index is 13.3. The van der Waals surface area contributed by atoms with Crippen molar-refractivity contribution < 1.29 is 4.39 Å². The van der Waals surface area contributed by atoms with Crippen LogP contribution < -0.4 is 5.32 Å². The van der Waals surface area contributed by atoms with Crippen molar-refractivity contribution in [2.75, 3.05) is 40.3 Å². The van der Waals surface area contributed by atoms with E-state index in [0.717, 1.165) is 30.4 Å². The average Bonchev–Trinajstić information content (AvgIpc) is 2.59. The van der Waals surface area contributed by atoms with Gasteiger partial charge in [0.25, 0.3) is 0 Å². The Balaban J connectivity index is 0.00000338. The lowest BCUT2D eigenvalue weighted by molar-refractivity contribution is 0.189. The highest BCUT2D eigenvalue weighted by molar-refractivity contribution is 14.0. The van der Waals surface area contributed by atoms with Crippen LogP contribution in [0.2, 0.25) is 0 Å². The predicted octanol–water partition coefficient (Wildman–Crippen LogP) is 3.96. The number of halogens is 2. The van der Waals surface area contributed by atoms with Crippen LogP contribution in [0.3, 0.4) is 0 Å². The van der Waals surface area contributed by atoms with E-state index in [1.165, 1.54) is 45.0 Å². The molecule has 0 aliphatic carbocycles. The van der Waals surface area contributed by atoms with Crippen molar-refractivity contribution in [2.45, 2.75) is 39.2 Å². The highest BCUT2D eigenvalue weighted by atomic mass is 127. The van der Waals surface area contributed by atoms with Crippen LogP contribution in [-0.2, 0) is 6.54 Å². The number of likely N-dealkylation sites (tertiary alicyclic amines) is 1. The Hall–Kier alpha value is -0.890. The van der Waals surface area contributed by atoms with E-state index in [2.05, 4.69) is 22.1 Å². The predicted molar refractivity (Wildman–Crippen MR) is 119 cm³/mol. The number of hydrogen-bond acceptors (Lipinski definition) is 2. The molecule has 0 radical (unpaired) electrons. The first kappa shape index (κ1) is 23.1. The minimum Gasteiger partial charge on any atom is -0.356 e. The molecule has 0 saturated carbocycles. The number of nitrogens with zero attached hydrogens (tertiary/aromatic N) is 3. The van der Waals surface area contributed by atoms with Gasteiger partial charge in [0.15, 0.2) is 5.96 Å².